The van der Waals surface area contributed by atoms with Crippen LogP contribution >= 0.6 is 0 Å². The Balaban J connectivity index is 1.11. The van der Waals surface area contributed by atoms with E-state index in [1.165, 1.54) is 64.0 Å². The second kappa shape index (κ2) is 24.0. The van der Waals surface area contributed by atoms with Gasteiger partial charge >= 0.3 is 11.9 Å². The lowest BCUT2D eigenvalue weighted by molar-refractivity contribution is -0.141. The number of benzene rings is 2. The van der Waals surface area contributed by atoms with Crippen molar-refractivity contribution in [2.45, 2.75) is 193 Å². The minimum atomic E-state index is -0.245. The topological polar surface area (TPSA) is 138 Å². The predicted molar refractivity (Wildman–Crippen MR) is 260 cm³/mol. The average Bonchev–Trinajstić information content (AvgIpc) is 4.28. The second-order valence-electron chi connectivity index (χ2n) is 19.8. The number of esters is 2. The van der Waals surface area contributed by atoms with E-state index in [0.29, 0.717) is 47.3 Å². The van der Waals surface area contributed by atoms with Gasteiger partial charge in [-0.15, -0.1) is 0 Å². The molecule has 4 aliphatic rings. The Morgan fingerprint density at radius 2 is 0.970 bits per heavy atom. The average molecular weight is 915 g/mol. The maximum Gasteiger partial charge on any atom is 0.315 e. The Morgan fingerprint density at radius 3 is 1.37 bits per heavy atom. The first-order valence-corrected chi connectivity index (χ1v) is 26.1. The number of unbranched alkanes of at least 4 members (excludes halogenated alkanes) is 4. The normalized spacial score (nSPS) is 24.5. The molecule has 0 unspecified atom stereocenters. The van der Waals surface area contributed by atoms with Crippen LogP contribution in [0.3, 0.4) is 0 Å². The molecule has 4 aromatic rings. The van der Waals surface area contributed by atoms with Crippen LogP contribution in [0.4, 0.5) is 0 Å². The van der Waals surface area contributed by atoms with Gasteiger partial charge in [0.2, 0.25) is 11.8 Å². The van der Waals surface area contributed by atoms with Gasteiger partial charge < -0.3 is 23.7 Å². The van der Waals surface area contributed by atoms with Crippen molar-refractivity contribution < 1.29 is 33.3 Å². The van der Waals surface area contributed by atoms with Gasteiger partial charge in [-0.3, -0.25) is 9.59 Å². The molecule has 0 amide bonds. The van der Waals surface area contributed by atoms with Crippen molar-refractivity contribution >= 4 is 11.9 Å². The van der Waals surface area contributed by atoms with Crippen molar-refractivity contribution in [3.63, 3.8) is 0 Å². The largest absolute Gasteiger partial charge is 0.456 e. The van der Waals surface area contributed by atoms with E-state index in [1.807, 2.05) is 24.3 Å². The van der Waals surface area contributed by atoms with Gasteiger partial charge in [0.1, 0.15) is 24.2 Å². The molecular formula is C56H74N4O7. The third-order valence-electron chi connectivity index (χ3n) is 14.9. The predicted octanol–water partition coefficient (Wildman–Crippen LogP) is 13.2. The standard InChI is InChI=1S/C56H74N4O7/c1-5-9-11-17-37-23-27-39(28-24-37)55(61)66-53-43(33-57-35-59-53)51-41(31-49-45(63-49)15-7-3)19-13-21-47(51)65-48-22-14-20-42(32-50-46(64-50)16-8-4)52(48)44-34-58-36-60-54(44)67-56(62)40-29-25-38(26-30-40)18-12-10-6-2/h13-14,19-22,33-40,45-46,49-50H,5-12,15-18,23-32H2,1-4H3/t37?,38?,39?,40?,45-,46-,49-,50-/m0/s1. The molecule has 2 aliphatic heterocycles. The van der Waals surface area contributed by atoms with Crippen LogP contribution in [0.15, 0.2) is 61.4 Å². The van der Waals surface area contributed by atoms with E-state index in [-0.39, 0.29) is 60.0 Å². The first-order valence-electron chi connectivity index (χ1n) is 26.1. The number of nitrogens with zero attached hydrogens (tertiary/aromatic N) is 4. The molecule has 2 aromatic carbocycles. The van der Waals surface area contributed by atoms with Crippen LogP contribution in [0.1, 0.15) is 167 Å². The van der Waals surface area contributed by atoms with Gasteiger partial charge in [-0.25, -0.2) is 19.9 Å². The van der Waals surface area contributed by atoms with Crippen molar-refractivity contribution in [1.29, 1.82) is 0 Å². The van der Waals surface area contributed by atoms with E-state index < -0.39 is 0 Å². The van der Waals surface area contributed by atoms with Gasteiger partial charge in [-0.05, 0) is 99.3 Å². The Bertz CT molecular complexity index is 2080. The number of carbonyl (C=O) groups is 2. The van der Waals surface area contributed by atoms with Crippen molar-refractivity contribution in [1.82, 2.24) is 19.9 Å². The highest BCUT2D eigenvalue weighted by molar-refractivity contribution is 5.84. The number of carbonyl (C=O) groups excluding carboxylic acids is 2. The second-order valence-corrected chi connectivity index (χ2v) is 19.8. The molecule has 0 radical (unpaired) electrons. The summed E-state index contributed by atoms with van der Waals surface area (Å²) in [6.45, 7) is 8.83. The van der Waals surface area contributed by atoms with Gasteiger partial charge in [0.15, 0.2) is 0 Å². The smallest absolute Gasteiger partial charge is 0.315 e. The molecule has 0 bridgehead atoms. The lowest BCUT2D eigenvalue weighted by Gasteiger charge is -2.27. The molecule has 360 valence electrons. The minimum Gasteiger partial charge on any atom is -0.456 e. The summed E-state index contributed by atoms with van der Waals surface area (Å²) in [7, 11) is 0. The zero-order valence-corrected chi connectivity index (χ0v) is 40.6. The van der Waals surface area contributed by atoms with Crippen LogP contribution in [0.2, 0.25) is 0 Å². The summed E-state index contributed by atoms with van der Waals surface area (Å²) < 4.78 is 32.1. The van der Waals surface area contributed by atoms with Gasteiger partial charge in [-0.1, -0.05) is 116 Å². The molecule has 2 aromatic heterocycles. The zero-order valence-electron chi connectivity index (χ0n) is 40.6. The number of epoxide rings is 2. The van der Waals surface area contributed by atoms with E-state index in [4.69, 9.17) is 23.7 Å². The molecule has 11 heteroatoms. The van der Waals surface area contributed by atoms with Crippen LogP contribution in [0, 0.1) is 23.7 Å². The maximum atomic E-state index is 14.0. The first kappa shape index (κ1) is 48.7. The fourth-order valence-electron chi connectivity index (χ4n) is 10.9. The van der Waals surface area contributed by atoms with E-state index in [9.17, 15) is 9.59 Å². The van der Waals surface area contributed by atoms with Crippen LogP contribution in [-0.2, 0) is 31.9 Å². The van der Waals surface area contributed by atoms with Gasteiger partial charge in [0, 0.05) is 36.4 Å². The monoisotopic (exact) mass is 915 g/mol. The number of aromatic nitrogens is 4. The lowest BCUT2D eigenvalue weighted by Crippen LogP contribution is -2.26. The highest BCUT2D eigenvalue weighted by Gasteiger charge is 2.40. The molecule has 11 nitrogen and oxygen atoms in total. The molecule has 8 rings (SSSR count). The first-order chi connectivity index (χ1) is 32.9. The quantitative estimate of drug-likeness (QED) is 0.0377. The number of hydrogen-bond acceptors (Lipinski definition) is 11. The molecule has 4 fully saturated rings. The third kappa shape index (κ3) is 12.9. The molecule has 0 N–H and O–H groups in total. The van der Waals surface area contributed by atoms with E-state index >= 15 is 0 Å². The number of hydrogen-bond donors (Lipinski definition) is 0. The summed E-state index contributed by atoms with van der Waals surface area (Å²) in [6, 6.07) is 12.0. The van der Waals surface area contributed by atoms with Crippen molar-refractivity contribution in [2.75, 3.05) is 0 Å². The van der Waals surface area contributed by atoms with E-state index in [1.54, 1.807) is 12.4 Å². The Labute approximate surface area is 398 Å². The van der Waals surface area contributed by atoms with Crippen LogP contribution in [0.5, 0.6) is 23.3 Å². The Kier molecular flexibility index (Phi) is 17.5. The van der Waals surface area contributed by atoms with Gasteiger partial charge in [0.25, 0.3) is 0 Å². The zero-order chi connectivity index (χ0) is 46.5. The van der Waals surface area contributed by atoms with Crippen LogP contribution in [-0.4, -0.2) is 56.3 Å². The van der Waals surface area contributed by atoms with Gasteiger partial charge in [-0.2, -0.15) is 0 Å². The van der Waals surface area contributed by atoms with Crippen molar-refractivity contribution in [3.05, 3.63) is 72.6 Å². The Hall–Kier alpha value is -4.74. The molecule has 4 atom stereocenters. The summed E-state index contributed by atoms with van der Waals surface area (Å²) in [5.41, 5.74) is 4.58. The minimum absolute atomic E-state index is 0.0559. The molecule has 4 heterocycles. The Morgan fingerprint density at radius 1 is 0.537 bits per heavy atom. The highest BCUT2D eigenvalue weighted by atomic mass is 16.6. The SMILES string of the molecule is CCCCCC1CCC(C(=O)Oc2ncncc2-c2c(C[C@@H]3O[C@H]3CCC)cccc2Oc2cccc(C[C@@H]3O[C@H]3CCC)c2-c2cncnc2OC(=O)C2CCC(CCCCC)CC2)CC1. The summed E-state index contributed by atoms with van der Waals surface area (Å²) >= 11 is 0. The van der Waals surface area contributed by atoms with Gasteiger partial charge in [0.05, 0.1) is 47.4 Å². The summed E-state index contributed by atoms with van der Waals surface area (Å²) in [4.78, 5) is 46.1. The summed E-state index contributed by atoms with van der Waals surface area (Å²) in [5.74, 6) is 2.02. The molecule has 2 saturated heterocycles. The third-order valence-corrected chi connectivity index (χ3v) is 14.9. The molecular weight excluding hydrogens is 841 g/mol. The number of rotatable bonds is 24. The van der Waals surface area contributed by atoms with Crippen molar-refractivity contribution in [3.8, 4) is 45.5 Å². The molecule has 2 saturated carbocycles. The van der Waals surface area contributed by atoms with E-state index in [2.05, 4.69) is 59.8 Å². The fourth-order valence-corrected chi connectivity index (χ4v) is 10.9. The summed E-state index contributed by atoms with van der Waals surface area (Å²) in [6.07, 6.45) is 29.5. The fraction of sp³-hybridized carbons (Fsp3) is 0.607. The molecule has 0 spiro atoms. The summed E-state index contributed by atoms with van der Waals surface area (Å²) in [5, 5.41) is 0. The van der Waals surface area contributed by atoms with E-state index in [0.717, 1.165) is 99.3 Å². The molecule has 2 aliphatic carbocycles. The number of ether oxygens (including phenoxy) is 5. The van der Waals surface area contributed by atoms with Crippen LogP contribution < -0.4 is 14.2 Å². The van der Waals surface area contributed by atoms with Crippen molar-refractivity contribution in [2.24, 2.45) is 23.7 Å². The maximum absolute atomic E-state index is 14.0. The highest BCUT2D eigenvalue weighted by Crippen LogP contribution is 2.47. The molecule has 67 heavy (non-hydrogen) atoms. The lowest BCUT2D eigenvalue weighted by atomic mass is 9.80. The van der Waals surface area contributed by atoms with Crippen LogP contribution in [0.25, 0.3) is 22.3 Å².